The number of aromatic nitrogens is 3. The Morgan fingerprint density at radius 2 is 2.00 bits per heavy atom. The Kier molecular flexibility index (Phi) is 7.23. The van der Waals surface area contributed by atoms with Crippen LogP contribution in [0, 0.1) is 11.8 Å². The zero-order valence-corrected chi connectivity index (χ0v) is 21.8. The molecule has 1 aliphatic carbocycles. The van der Waals surface area contributed by atoms with Gasteiger partial charge in [-0.2, -0.15) is 4.98 Å². The van der Waals surface area contributed by atoms with Crippen molar-refractivity contribution in [1.29, 1.82) is 0 Å². The van der Waals surface area contributed by atoms with E-state index < -0.39 is 16.1 Å². The molecule has 1 saturated carbocycles. The molecule has 0 bridgehead atoms. The first-order chi connectivity index (χ1) is 16.5. The number of nitrogens with zero attached hydrogens (tertiary/aromatic N) is 3. The summed E-state index contributed by atoms with van der Waals surface area (Å²) in [6, 6.07) is 6.39. The minimum absolute atomic E-state index is 0.109. The fourth-order valence-corrected chi connectivity index (χ4v) is 4.94. The van der Waals surface area contributed by atoms with E-state index in [1.54, 1.807) is 24.3 Å². The van der Waals surface area contributed by atoms with Crippen LogP contribution in [0.5, 0.6) is 5.75 Å². The van der Waals surface area contributed by atoms with E-state index in [1.807, 2.05) is 20.8 Å². The van der Waals surface area contributed by atoms with Gasteiger partial charge in [0.05, 0.1) is 29.4 Å². The molecule has 1 fully saturated rings. The molecule has 35 heavy (non-hydrogen) atoms. The van der Waals surface area contributed by atoms with Crippen LogP contribution in [0.4, 0.5) is 11.8 Å². The molecule has 11 heteroatoms. The smallest absolute Gasteiger partial charge is 0.253 e. The molecule has 9 nitrogen and oxygen atoms in total. The van der Waals surface area contributed by atoms with Crippen LogP contribution < -0.4 is 19.9 Å². The largest absolute Gasteiger partial charge is 0.492 e. The van der Waals surface area contributed by atoms with Crippen molar-refractivity contribution in [2.75, 3.05) is 29.0 Å². The lowest BCUT2D eigenvalue weighted by atomic mass is 10.1. The highest BCUT2D eigenvalue weighted by molar-refractivity contribution is 7.92. The molecule has 1 aromatic carbocycles. The molecular weight excluding hydrogens is 490 g/mol. The molecule has 1 aliphatic rings. The number of halogens is 1. The lowest BCUT2D eigenvalue weighted by molar-refractivity contribution is 0.300. The predicted molar refractivity (Wildman–Crippen MR) is 139 cm³/mol. The van der Waals surface area contributed by atoms with E-state index in [0.29, 0.717) is 40.9 Å². The third-order valence-corrected chi connectivity index (χ3v) is 7.17. The Bertz CT molecular complexity index is 1390. The number of benzene rings is 1. The first-order valence-electron chi connectivity index (χ1n) is 11.6. The Hall–Kier alpha value is -2.85. The van der Waals surface area contributed by atoms with Gasteiger partial charge in [0.1, 0.15) is 11.6 Å². The number of nitrogens with one attached hydrogen (secondary N) is 2. The zero-order chi connectivity index (χ0) is 25.3. The number of anilines is 2. The fourth-order valence-electron chi connectivity index (χ4n) is 3.71. The molecule has 3 aromatic rings. The van der Waals surface area contributed by atoms with E-state index in [9.17, 15) is 13.2 Å². The molecule has 0 radical (unpaired) electrons. The second kappa shape index (κ2) is 10.0. The summed E-state index contributed by atoms with van der Waals surface area (Å²) in [5.74, 6) is 1.74. The summed E-state index contributed by atoms with van der Waals surface area (Å²) in [5.41, 5.74) is 0.843. The average Bonchev–Trinajstić information content (AvgIpc) is 3.60. The summed E-state index contributed by atoms with van der Waals surface area (Å²) in [5, 5.41) is 4.36. The maximum absolute atomic E-state index is 12.9. The lowest BCUT2D eigenvalue weighted by Crippen LogP contribution is -2.34. The first-order valence-corrected chi connectivity index (χ1v) is 13.8. The van der Waals surface area contributed by atoms with Gasteiger partial charge in [-0.1, -0.05) is 25.4 Å². The average molecular weight is 520 g/mol. The summed E-state index contributed by atoms with van der Waals surface area (Å²) in [6.45, 7) is 6.59. The number of ether oxygens (including phenoxy) is 1. The molecule has 4 rings (SSSR count). The van der Waals surface area contributed by atoms with Crippen molar-refractivity contribution >= 4 is 44.3 Å². The molecule has 0 saturated heterocycles. The van der Waals surface area contributed by atoms with E-state index >= 15 is 0 Å². The van der Waals surface area contributed by atoms with Crippen LogP contribution in [0.1, 0.15) is 45.2 Å². The van der Waals surface area contributed by atoms with Gasteiger partial charge < -0.3 is 15.0 Å². The molecule has 0 unspecified atom stereocenters. The highest BCUT2D eigenvalue weighted by Gasteiger charge is 2.23. The fraction of sp³-hybridized carbons (Fsp3) is 0.458. The molecular formula is C24H30ClN5O4S. The monoisotopic (exact) mass is 519 g/mol. The summed E-state index contributed by atoms with van der Waals surface area (Å²) < 4.78 is 31.7. The number of aromatic amines is 1. The summed E-state index contributed by atoms with van der Waals surface area (Å²) >= 11 is 6.42. The zero-order valence-electron chi connectivity index (χ0n) is 20.2. The van der Waals surface area contributed by atoms with Gasteiger partial charge in [-0.3, -0.25) is 9.10 Å². The molecule has 0 aliphatic heterocycles. The maximum Gasteiger partial charge on any atom is 0.253 e. The maximum atomic E-state index is 12.9. The van der Waals surface area contributed by atoms with Crippen LogP contribution in [-0.4, -0.2) is 42.8 Å². The second-order valence-corrected chi connectivity index (χ2v) is 11.8. The van der Waals surface area contributed by atoms with Crippen molar-refractivity contribution in [3.05, 3.63) is 51.4 Å². The van der Waals surface area contributed by atoms with Crippen molar-refractivity contribution in [1.82, 2.24) is 15.0 Å². The summed E-state index contributed by atoms with van der Waals surface area (Å²) in [6.07, 6.45) is 4.98. The van der Waals surface area contributed by atoms with Gasteiger partial charge in [-0.25, -0.2) is 13.4 Å². The Morgan fingerprint density at radius 3 is 2.66 bits per heavy atom. The number of fused-ring (bicyclic) bond motifs is 1. The van der Waals surface area contributed by atoms with Crippen molar-refractivity contribution in [3.63, 3.8) is 0 Å². The van der Waals surface area contributed by atoms with Crippen LogP contribution in [-0.2, 0) is 10.0 Å². The van der Waals surface area contributed by atoms with Crippen molar-refractivity contribution in [3.8, 4) is 5.75 Å². The minimum atomic E-state index is -3.52. The number of H-pyrrole nitrogens is 1. The number of sulfonamides is 1. The van der Waals surface area contributed by atoms with Gasteiger partial charge >= 0.3 is 0 Å². The Labute approximate surface area is 209 Å². The summed E-state index contributed by atoms with van der Waals surface area (Å²) in [4.78, 5) is 24.4. The minimum Gasteiger partial charge on any atom is -0.492 e. The van der Waals surface area contributed by atoms with E-state index in [-0.39, 0.29) is 23.2 Å². The highest BCUT2D eigenvalue weighted by Crippen LogP contribution is 2.34. The van der Waals surface area contributed by atoms with E-state index in [4.69, 9.17) is 16.3 Å². The number of hydrogen-bond acceptors (Lipinski definition) is 7. The van der Waals surface area contributed by atoms with Gasteiger partial charge in [0.25, 0.3) is 5.56 Å². The van der Waals surface area contributed by atoms with Gasteiger partial charge in [0.2, 0.25) is 16.0 Å². The second-order valence-electron chi connectivity index (χ2n) is 9.47. The number of pyridine rings is 1. The van der Waals surface area contributed by atoms with Gasteiger partial charge in [-0.05, 0) is 43.7 Å². The summed E-state index contributed by atoms with van der Waals surface area (Å²) in [7, 11) is -3.52. The van der Waals surface area contributed by atoms with E-state index in [0.717, 1.165) is 11.6 Å². The number of rotatable bonds is 10. The third-order valence-electron chi connectivity index (χ3n) is 5.74. The Morgan fingerprint density at radius 1 is 1.26 bits per heavy atom. The van der Waals surface area contributed by atoms with Crippen molar-refractivity contribution in [2.45, 2.75) is 39.7 Å². The first kappa shape index (κ1) is 25.2. The van der Waals surface area contributed by atoms with Crippen LogP contribution in [0.25, 0.3) is 10.9 Å². The van der Waals surface area contributed by atoms with Crippen LogP contribution in [0.3, 0.4) is 0 Å². The van der Waals surface area contributed by atoms with Crippen LogP contribution in [0.15, 0.2) is 35.3 Å². The molecule has 188 valence electrons. The van der Waals surface area contributed by atoms with Crippen molar-refractivity contribution in [2.24, 2.45) is 11.8 Å². The SMILES string of the molecule is CC(C)CN(c1ccnc(N[C@@H](C)c2cc3cc(Cl)c(OCC4CC4)cc3[nH]c2=O)n1)S(C)(=O)=O. The third kappa shape index (κ3) is 6.24. The van der Waals surface area contributed by atoms with Gasteiger partial charge in [-0.15, -0.1) is 0 Å². The molecule has 0 amide bonds. The molecule has 2 aromatic heterocycles. The standard InChI is InChI=1S/C24H30ClN5O4S/c1-14(2)12-30(35(4,32)33)22-7-8-26-24(29-22)27-15(3)18-9-17-10-19(25)21(34-13-16-5-6-16)11-20(17)28-23(18)31/h7-11,14-16H,5-6,12-13H2,1-4H3,(H,28,31)(H,26,27,29)/t15-/m0/s1. The predicted octanol–water partition coefficient (Wildman–Crippen LogP) is 4.36. The lowest BCUT2D eigenvalue weighted by Gasteiger charge is -2.23. The molecule has 1 atom stereocenters. The molecule has 0 spiro atoms. The highest BCUT2D eigenvalue weighted by atomic mass is 35.5. The normalized spacial score (nSPS) is 14.8. The molecule has 2 heterocycles. The molecule has 2 N–H and O–H groups in total. The quantitative estimate of drug-likeness (QED) is 0.408. The van der Waals surface area contributed by atoms with Crippen LogP contribution >= 0.6 is 11.6 Å². The van der Waals surface area contributed by atoms with Gasteiger partial charge in [0.15, 0.2) is 0 Å². The van der Waals surface area contributed by atoms with Crippen molar-refractivity contribution < 1.29 is 13.2 Å². The van der Waals surface area contributed by atoms with Crippen LogP contribution in [0.2, 0.25) is 5.02 Å². The Balaban J connectivity index is 1.58. The topological polar surface area (TPSA) is 117 Å². The number of hydrogen-bond donors (Lipinski definition) is 2. The van der Waals surface area contributed by atoms with E-state index in [1.165, 1.54) is 23.3 Å². The van der Waals surface area contributed by atoms with E-state index in [2.05, 4.69) is 20.3 Å². The van der Waals surface area contributed by atoms with Gasteiger partial charge in [0, 0.05) is 35.8 Å².